The third kappa shape index (κ3) is 5.86. The van der Waals surface area contributed by atoms with Crippen LogP contribution in [0.15, 0.2) is 0 Å². The van der Waals surface area contributed by atoms with Crippen molar-refractivity contribution in [2.24, 2.45) is 17.8 Å². The summed E-state index contributed by atoms with van der Waals surface area (Å²) in [7, 11) is 0. The lowest BCUT2D eigenvalue weighted by atomic mass is 9.95. The van der Waals surface area contributed by atoms with Crippen molar-refractivity contribution in [1.29, 1.82) is 0 Å². The minimum absolute atomic E-state index is 0.109. The lowest BCUT2D eigenvalue weighted by Gasteiger charge is -2.24. The highest BCUT2D eigenvalue weighted by Crippen LogP contribution is 2.32. The van der Waals surface area contributed by atoms with Crippen LogP contribution in [0, 0.1) is 17.8 Å². The van der Waals surface area contributed by atoms with E-state index in [-0.39, 0.29) is 6.10 Å². The first-order chi connectivity index (χ1) is 7.49. The molecule has 1 aliphatic rings. The van der Waals surface area contributed by atoms with Crippen LogP contribution in [-0.2, 0) is 0 Å². The zero-order valence-corrected chi connectivity index (χ0v) is 11.4. The highest BCUT2D eigenvalue weighted by Gasteiger charge is 2.29. The smallest absolute Gasteiger partial charge is 0.0692 e. The van der Waals surface area contributed by atoms with Gasteiger partial charge in [-0.1, -0.05) is 27.7 Å². The van der Waals surface area contributed by atoms with Crippen LogP contribution in [0.4, 0.5) is 0 Å². The fourth-order valence-corrected chi connectivity index (χ4v) is 2.34. The molecule has 1 saturated carbocycles. The van der Waals surface area contributed by atoms with Crippen molar-refractivity contribution in [3.8, 4) is 0 Å². The number of rotatable bonds is 8. The Hall–Kier alpha value is -0.0800. The summed E-state index contributed by atoms with van der Waals surface area (Å²) in [6, 6.07) is 0.577. The first-order valence-electron chi connectivity index (χ1n) is 6.90. The molecule has 0 aromatic heterocycles. The lowest BCUT2D eigenvalue weighted by molar-refractivity contribution is 0.141. The van der Waals surface area contributed by atoms with Crippen LogP contribution in [0.3, 0.4) is 0 Å². The van der Waals surface area contributed by atoms with E-state index in [4.69, 9.17) is 0 Å². The Kier molecular flexibility index (Phi) is 5.77. The Bertz CT molecular complexity index is 177. The molecule has 0 aromatic rings. The largest absolute Gasteiger partial charge is 0.392 e. The molecule has 2 heteroatoms. The molecule has 0 saturated heterocycles. The lowest BCUT2D eigenvalue weighted by Crippen LogP contribution is -2.38. The second kappa shape index (κ2) is 6.61. The Morgan fingerprint density at radius 1 is 1.06 bits per heavy atom. The Balaban J connectivity index is 2.24. The first-order valence-corrected chi connectivity index (χ1v) is 6.90. The SMILES string of the molecule is CC(C)CC(CC(C)C)NCC(O)C1CC1. The molecule has 0 radical (unpaired) electrons. The van der Waals surface area contributed by atoms with Gasteiger partial charge in [0, 0.05) is 12.6 Å². The molecular formula is C14H29NO. The van der Waals surface area contributed by atoms with E-state index in [0.717, 1.165) is 18.4 Å². The predicted molar refractivity (Wildman–Crippen MR) is 69.4 cm³/mol. The van der Waals surface area contributed by atoms with Gasteiger partial charge in [0.25, 0.3) is 0 Å². The molecule has 96 valence electrons. The number of aliphatic hydroxyl groups is 1. The first kappa shape index (κ1) is 14.0. The van der Waals surface area contributed by atoms with Crippen LogP contribution in [-0.4, -0.2) is 23.8 Å². The summed E-state index contributed by atoms with van der Waals surface area (Å²) in [5.74, 6) is 2.05. The molecule has 16 heavy (non-hydrogen) atoms. The maximum atomic E-state index is 9.84. The molecule has 0 aliphatic heterocycles. The molecule has 1 aliphatic carbocycles. The molecule has 2 N–H and O–H groups in total. The van der Waals surface area contributed by atoms with E-state index in [1.54, 1.807) is 0 Å². The molecule has 2 nitrogen and oxygen atoms in total. The van der Waals surface area contributed by atoms with E-state index >= 15 is 0 Å². The fraction of sp³-hybridized carbons (Fsp3) is 1.00. The van der Waals surface area contributed by atoms with Gasteiger partial charge in [0.05, 0.1) is 6.10 Å². The second-order valence-electron chi connectivity index (χ2n) is 6.27. The Morgan fingerprint density at radius 3 is 1.94 bits per heavy atom. The quantitative estimate of drug-likeness (QED) is 0.668. The van der Waals surface area contributed by atoms with Gasteiger partial charge in [-0.2, -0.15) is 0 Å². The van der Waals surface area contributed by atoms with Crippen LogP contribution in [0.2, 0.25) is 0 Å². The summed E-state index contributed by atoms with van der Waals surface area (Å²) in [4.78, 5) is 0. The van der Waals surface area contributed by atoms with Gasteiger partial charge in [0.15, 0.2) is 0 Å². The van der Waals surface area contributed by atoms with E-state index in [9.17, 15) is 5.11 Å². The summed E-state index contributed by atoms with van der Waals surface area (Å²) >= 11 is 0. The van der Waals surface area contributed by atoms with Crippen molar-refractivity contribution >= 4 is 0 Å². The average molecular weight is 227 g/mol. The summed E-state index contributed by atoms with van der Waals surface area (Å²) in [5.41, 5.74) is 0. The molecule has 0 amide bonds. The minimum atomic E-state index is -0.109. The highest BCUT2D eigenvalue weighted by atomic mass is 16.3. The maximum Gasteiger partial charge on any atom is 0.0692 e. The van der Waals surface area contributed by atoms with Crippen molar-refractivity contribution in [1.82, 2.24) is 5.32 Å². The molecule has 0 bridgehead atoms. The van der Waals surface area contributed by atoms with Crippen LogP contribution in [0.25, 0.3) is 0 Å². The van der Waals surface area contributed by atoms with Gasteiger partial charge in [-0.25, -0.2) is 0 Å². The third-order valence-electron chi connectivity index (χ3n) is 3.29. The number of aliphatic hydroxyl groups excluding tert-OH is 1. The third-order valence-corrected chi connectivity index (χ3v) is 3.29. The minimum Gasteiger partial charge on any atom is -0.392 e. The fourth-order valence-electron chi connectivity index (χ4n) is 2.34. The maximum absolute atomic E-state index is 9.84. The molecule has 0 aromatic carbocycles. The van der Waals surface area contributed by atoms with Gasteiger partial charge in [0.2, 0.25) is 0 Å². The normalized spacial score (nSPS) is 18.8. The van der Waals surface area contributed by atoms with Gasteiger partial charge in [-0.15, -0.1) is 0 Å². The molecule has 1 rings (SSSR count). The van der Waals surface area contributed by atoms with Crippen LogP contribution < -0.4 is 5.32 Å². The number of hydrogen-bond acceptors (Lipinski definition) is 2. The number of nitrogens with one attached hydrogen (secondary N) is 1. The summed E-state index contributed by atoms with van der Waals surface area (Å²) < 4.78 is 0. The topological polar surface area (TPSA) is 32.3 Å². The standard InChI is InChI=1S/C14H29NO/c1-10(2)7-13(8-11(3)4)15-9-14(16)12-5-6-12/h10-16H,5-9H2,1-4H3. The zero-order chi connectivity index (χ0) is 12.1. The average Bonchev–Trinajstić information content (AvgIpc) is 2.94. The predicted octanol–water partition coefficient (Wildman–Crippen LogP) is 2.81. The molecule has 0 heterocycles. The van der Waals surface area contributed by atoms with Crippen LogP contribution in [0.1, 0.15) is 53.4 Å². The van der Waals surface area contributed by atoms with E-state index in [2.05, 4.69) is 33.0 Å². The Labute approximate surface area is 101 Å². The van der Waals surface area contributed by atoms with Crippen molar-refractivity contribution in [3.63, 3.8) is 0 Å². The van der Waals surface area contributed by atoms with E-state index in [1.165, 1.54) is 25.7 Å². The summed E-state index contributed by atoms with van der Waals surface area (Å²) in [6.07, 6.45) is 4.77. The molecule has 1 atom stereocenters. The van der Waals surface area contributed by atoms with Crippen molar-refractivity contribution in [3.05, 3.63) is 0 Å². The van der Waals surface area contributed by atoms with Crippen molar-refractivity contribution < 1.29 is 5.11 Å². The van der Waals surface area contributed by atoms with Gasteiger partial charge < -0.3 is 10.4 Å². The number of hydrogen-bond donors (Lipinski definition) is 2. The van der Waals surface area contributed by atoms with Gasteiger partial charge in [0.1, 0.15) is 0 Å². The van der Waals surface area contributed by atoms with Crippen LogP contribution in [0.5, 0.6) is 0 Å². The van der Waals surface area contributed by atoms with Crippen molar-refractivity contribution in [2.45, 2.75) is 65.5 Å². The zero-order valence-electron chi connectivity index (χ0n) is 11.4. The molecule has 1 unspecified atom stereocenters. The Morgan fingerprint density at radius 2 is 1.56 bits per heavy atom. The summed E-state index contributed by atoms with van der Waals surface area (Å²) in [6.45, 7) is 9.87. The molecule has 1 fully saturated rings. The summed E-state index contributed by atoms with van der Waals surface area (Å²) in [5, 5.41) is 13.4. The van der Waals surface area contributed by atoms with Crippen LogP contribution >= 0.6 is 0 Å². The van der Waals surface area contributed by atoms with E-state index < -0.39 is 0 Å². The molecule has 0 spiro atoms. The molecular weight excluding hydrogens is 198 g/mol. The second-order valence-corrected chi connectivity index (χ2v) is 6.27. The van der Waals surface area contributed by atoms with E-state index in [0.29, 0.717) is 12.0 Å². The van der Waals surface area contributed by atoms with Gasteiger partial charge in [-0.3, -0.25) is 0 Å². The van der Waals surface area contributed by atoms with Crippen molar-refractivity contribution in [2.75, 3.05) is 6.54 Å². The van der Waals surface area contributed by atoms with Gasteiger partial charge >= 0.3 is 0 Å². The monoisotopic (exact) mass is 227 g/mol. The van der Waals surface area contributed by atoms with Gasteiger partial charge in [-0.05, 0) is 43.4 Å². The highest BCUT2D eigenvalue weighted by molar-refractivity contribution is 4.83. The van der Waals surface area contributed by atoms with E-state index in [1.807, 2.05) is 0 Å².